The number of nitrogens with zero attached hydrogens (tertiary/aromatic N) is 2. The molecule has 0 bridgehead atoms. The Kier molecular flexibility index (Phi) is 6.08. The molecular weight excluding hydrogens is 457 g/mol. The Morgan fingerprint density at radius 1 is 1.13 bits per heavy atom. The standard InChI is InChI=1S/C17H16FN3O6S3/c1-2-27-16(22)10-21-14-8-7-13(29(19,23)24)9-15(14)28-17(21)20-30(25,26)12-5-3-11(18)4-6-12/h3-9H,2,10H2,1H3,(H2,19,23,24)/b20-17-. The number of rotatable bonds is 6. The lowest BCUT2D eigenvalue weighted by molar-refractivity contribution is -0.143. The van der Waals surface area contributed by atoms with Crippen molar-refractivity contribution >= 4 is 47.6 Å². The molecule has 0 fully saturated rings. The molecule has 0 amide bonds. The van der Waals surface area contributed by atoms with E-state index in [0.29, 0.717) is 10.2 Å². The van der Waals surface area contributed by atoms with Crippen LogP contribution in [0.5, 0.6) is 0 Å². The zero-order valence-electron chi connectivity index (χ0n) is 15.5. The van der Waals surface area contributed by atoms with Crippen molar-refractivity contribution < 1.29 is 30.8 Å². The predicted molar refractivity (Wildman–Crippen MR) is 107 cm³/mol. The molecule has 3 rings (SSSR count). The number of thiazole rings is 1. The van der Waals surface area contributed by atoms with Gasteiger partial charge in [-0.3, -0.25) is 4.79 Å². The van der Waals surface area contributed by atoms with Crippen molar-refractivity contribution in [2.24, 2.45) is 9.54 Å². The summed E-state index contributed by atoms with van der Waals surface area (Å²) in [5.74, 6) is -1.24. The van der Waals surface area contributed by atoms with Crippen molar-refractivity contribution in [2.75, 3.05) is 6.61 Å². The van der Waals surface area contributed by atoms with Gasteiger partial charge in [-0.25, -0.2) is 17.9 Å². The number of halogens is 1. The molecule has 2 aromatic carbocycles. The van der Waals surface area contributed by atoms with Crippen LogP contribution in [-0.4, -0.2) is 34.0 Å². The summed E-state index contributed by atoms with van der Waals surface area (Å²) < 4.78 is 72.0. The second-order valence-corrected chi connectivity index (χ2v) is 10.1. The van der Waals surface area contributed by atoms with E-state index in [0.717, 1.165) is 35.6 Å². The summed E-state index contributed by atoms with van der Waals surface area (Å²) in [6.07, 6.45) is 0. The summed E-state index contributed by atoms with van der Waals surface area (Å²) in [5.41, 5.74) is 0.369. The van der Waals surface area contributed by atoms with Gasteiger partial charge in [0.15, 0.2) is 0 Å². The van der Waals surface area contributed by atoms with Crippen LogP contribution in [0.15, 0.2) is 56.7 Å². The molecule has 30 heavy (non-hydrogen) atoms. The summed E-state index contributed by atoms with van der Waals surface area (Å²) in [6.45, 7) is 1.40. The number of primary sulfonamides is 1. The van der Waals surface area contributed by atoms with Crippen molar-refractivity contribution in [3.63, 3.8) is 0 Å². The molecule has 1 aromatic heterocycles. The second kappa shape index (κ2) is 8.26. The van der Waals surface area contributed by atoms with Crippen LogP contribution in [0.4, 0.5) is 4.39 Å². The highest BCUT2D eigenvalue weighted by Gasteiger charge is 2.18. The zero-order chi connectivity index (χ0) is 22.1. The average molecular weight is 474 g/mol. The molecule has 0 atom stereocenters. The summed E-state index contributed by atoms with van der Waals surface area (Å²) in [6, 6.07) is 8.00. The normalized spacial score (nSPS) is 13.0. The van der Waals surface area contributed by atoms with Crippen molar-refractivity contribution in [1.82, 2.24) is 4.57 Å². The topological polar surface area (TPSA) is 138 Å². The highest BCUT2D eigenvalue weighted by atomic mass is 32.2. The lowest BCUT2D eigenvalue weighted by atomic mass is 10.3. The number of hydrogen-bond donors (Lipinski definition) is 1. The minimum Gasteiger partial charge on any atom is -0.465 e. The van der Waals surface area contributed by atoms with Crippen LogP contribution in [0.1, 0.15) is 6.92 Å². The van der Waals surface area contributed by atoms with Crippen LogP contribution < -0.4 is 9.94 Å². The number of nitrogens with two attached hydrogens (primary N) is 1. The molecule has 160 valence electrons. The molecular formula is C17H16FN3O6S3. The number of benzene rings is 2. The van der Waals surface area contributed by atoms with Gasteiger partial charge in [0.2, 0.25) is 14.8 Å². The van der Waals surface area contributed by atoms with Crippen LogP contribution in [-0.2, 0) is 36.1 Å². The van der Waals surface area contributed by atoms with E-state index >= 15 is 0 Å². The first-order valence-electron chi connectivity index (χ1n) is 8.39. The van der Waals surface area contributed by atoms with Gasteiger partial charge in [-0.1, -0.05) is 11.3 Å². The Morgan fingerprint density at radius 3 is 2.37 bits per heavy atom. The highest BCUT2D eigenvalue weighted by Crippen LogP contribution is 2.22. The van der Waals surface area contributed by atoms with Crippen LogP contribution in [0.2, 0.25) is 0 Å². The molecule has 0 saturated heterocycles. The molecule has 3 aromatic rings. The third kappa shape index (κ3) is 4.75. The first-order chi connectivity index (χ1) is 14.0. The Labute approximate surface area is 175 Å². The van der Waals surface area contributed by atoms with Gasteiger partial charge < -0.3 is 9.30 Å². The molecule has 9 nitrogen and oxygen atoms in total. The number of fused-ring (bicyclic) bond motifs is 1. The van der Waals surface area contributed by atoms with E-state index in [1.54, 1.807) is 6.92 Å². The van der Waals surface area contributed by atoms with Crippen molar-refractivity contribution in [3.05, 3.63) is 53.1 Å². The smallest absolute Gasteiger partial charge is 0.326 e. The number of hydrogen-bond acceptors (Lipinski definition) is 7. The van der Waals surface area contributed by atoms with E-state index in [4.69, 9.17) is 9.88 Å². The number of esters is 1. The van der Waals surface area contributed by atoms with E-state index in [1.165, 1.54) is 22.8 Å². The van der Waals surface area contributed by atoms with Crippen molar-refractivity contribution in [1.29, 1.82) is 0 Å². The largest absolute Gasteiger partial charge is 0.465 e. The Morgan fingerprint density at radius 2 is 1.77 bits per heavy atom. The predicted octanol–water partition coefficient (Wildman–Crippen LogP) is 1.34. The molecule has 0 aliphatic rings. The fraction of sp³-hybridized carbons (Fsp3) is 0.176. The fourth-order valence-electron chi connectivity index (χ4n) is 2.55. The van der Waals surface area contributed by atoms with Crippen LogP contribution >= 0.6 is 11.3 Å². The average Bonchev–Trinajstić information content (AvgIpc) is 2.97. The monoisotopic (exact) mass is 473 g/mol. The number of sulfonamides is 2. The van der Waals surface area contributed by atoms with E-state index < -0.39 is 31.8 Å². The molecule has 13 heteroatoms. The maximum atomic E-state index is 13.1. The Hall–Kier alpha value is -2.61. The van der Waals surface area contributed by atoms with Crippen LogP contribution in [0.25, 0.3) is 10.2 Å². The molecule has 0 unspecified atom stereocenters. The number of ether oxygens (including phenoxy) is 1. The SMILES string of the molecule is CCOC(=O)Cn1/c(=N/S(=O)(=O)c2ccc(F)cc2)sc2cc(S(N)(=O)=O)ccc21. The number of carbonyl (C=O) groups is 1. The quantitative estimate of drug-likeness (QED) is 0.536. The molecule has 0 radical (unpaired) electrons. The first kappa shape index (κ1) is 22.1. The second-order valence-electron chi connectivity index (χ2n) is 5.97. The molecule has 0 saturated carbocycles. The van der Waals surface area contributed by atoms with Gasteiger partial charge in [-0.2, -0.15) is 8.42 Å². The zero-order valence-corrected chi connectivity index (χ0v) is 17.9. The minimum atomic E-state index is -4.23. The molecule has 2 N–H and O–H groups in total. The van der Waals surface area contributed by atoms with E-state index in [-0.39, 0.29) is 27.7 Å². The van der Waals surface area contributed by atoms with Gasteiger partial charge in [0, 0.05) is 0 Å². The Balaban J connectivity index is 2.24. The summed E-state index contributed by atoms with van der Waals surface area (Å²) in [4.78, 5) is 11.5. The fourth-order valence-corrected chi connectivity index (χ4v) is 5.44. The van der Waals surface area contributed by atoms with Gasteiger partial charge in [0.25, 0.3) is 10.0 Å². The first-order valence-corrected chi connectivity index (χ1v) is 12.2. The molecule has 0 spiro atoms. The highest BCUT2D eigenvalue weighted by molar-refractivity contribution is 7.90. The maximum Gasteiger partial charge on any atom is 0.326 e. The van der Waals surface area contributed by atoms with Crippen molar-refractivity contribution in [3.8, 4) is 0 Å². The number of aromatic nitrogens is 1. The van der Waals surface area contributed by atoms with Crippen LogP contribution in [0, 0.1) is 5.82 Å². The number of carbonyl (C=O) groups excluding carboxylic acids is 1. The van der Waals surface area contributed by atoms with Gasteiger partial charge in [-0.15, -0.1) is 4.40 Å². The van der Waals surface area contributed by atoms with Gasteiger partial charge in [0.05, 0.1) is 26.6 Å². The molecule has 0 aliphatic carbocycles. The lowest BCUT2D eigenvalue weighted by Crippen LogP contribution is -2.23. The third-order valence-electron chi connectivity index (χ3n) is 3.89. The summed E-state index contributed by atoms with van der Waals surface area (Å²) in [7, 11) is -8.22. The minimum absolute atomic E-state index is 0.0889. The maximum absolute atomic E-state index is 13.1. The van der Waals surface area contributed by atoms with Gasteiger partial charge in [-0.05, 0) is 49.4 Å². The summed E-state index contributed by atoms with van der Waals surface area (Å²) in [5, 5.41) is 5.15. The van der Waals surface area contributed by atoms with E-state index in [2.05, 4.69) is 4.40 Å². The summed E-state index contributed by atoms with van der Waals surface area (Å²) >= 11 is 0.854. The third-order valence-corrected chi connectivity index (χ3v) is 7.23. The van der Waals surface area contributed by atoms with Crippen LogP contribution in [0.3, 0.4) is 0 Å². The van der Waals surface area contributed by atoms with Crippen molar-refractivity contribution in [2.45, 2.75) is 23.3 Å². The van der Waals surface area contributed by atoms with E-state index in [1.807, 2.05) is 0 Å². The van der Waals surface area contributed by atoms with Gasteiger partial charge in [0.1, 0.15) is 12.4 Å². The molecule has 1 heterocycles. The van der Waals surface area contributed by atoms with E-state index in [9.17, 15) is 26.0 Å². The molecule has 0 aliphatic heterocycles. The van der Waals surface area contributed by atoms with Gasteiger partial charge >= 0.3 is 5.97 Å². The Bertz CT molecular complexity index is 1390. The lowest BCUT2D eigenvalue weighted by Gasteiger charge is -2.06.